The van der Waals surface area contributed by atoms with Crippen molar-refractivity contribution in [2.24, 2.45) is 5.73 Å². The van der Waals surface area contributed by atoms with Crippen molar-refractivity contribution in [3.8, 4) is 0 Å². The molecule has 146 valence electrons. The Morgan fingerprint density at radius 1 is 1.31 bits per heavy atom. The van der Waals surface area contributed by atoms with Gasteiger partial charge in [0.1, 0.15) is 6.17 Å². The molecular formula is C16H19BrF4N2O3. The summed E-state index contributed by atoms with van der Waals surface area (Å²) in [4.78, 5) is 22.6. The fourth-order valence-corrected chi connectivity index (χ4v) is 2.58. The Hall–Kier alpha value is -1.68. The van der Waals surface area contributed by atoms with Gasteiger partial charge in [-0.15, -0.1) is 0 Å². The summed E-state index contributed by atoms with van der Waals surface area (Å²) in [6.07, 6.45) is -5.57. The summed E-state index contributed by atoms with van der Waals surface area (Å²) >= 11 is 3.37. The second-order valence-electron chi connectivity index (χ2n) is 5.84. The smallest absolute Gasteiger partial charge is 0.475 e. The van der Waals surface area contributed by atoms with Gasteiger partial charge >= 0.3 is 12.1 Å². The van der Waals surface area contributed by atoms with Crippen LogP contribution in [0.2, 0.25) is 0 Å². The molecule has 0 saturated carbocycles. The Morgan fingerprint density at radius 3 is 2.19 bits per heavy atom. The summed E-state index contributed by atoms with van der Waals surface area (Å²) in [6.45, 7) is 2.58. The number of rotatable bonds is 3. The molecule has 10 heteroatoms. The van der Waals surface area contributed by atoms with Crippen LogP contribution < -0.4 is 5.73 Å². The van der Waals surface area contributed by atoms with E-state index < -0.39 is 24.4 Å². The number of likely N-dealkylation sites (tertiary alicyclic amines) is 1. The molecule has 0 radical (unpaired) electrons. The highest BCUT2D eigenvalue weighted by Crippen LogP contribution is 2.23. The zero-order chi connectivity index (χ0) is 20.1. The Bertz CT molecular complexity index is 625. The summed E-state index contributed by atoms with van der Waals surface area (Å²) in [5.74, 6) is -3.00. The monoisotopic (exact) mass is 442 g/mol. The first-order valence-corrected chi connectivity index (χ1v) is 8.46. The highest BCUT2D eigenvalue weighted by atomic mass is 79.9. The molecule has 1 aromatic carbocycles. The van der Waals surface area contributed by atoms with Crippen molar-refractivity contribution in [2.75, 3.05) is 13.1 Å². The predicted octanol–water partition coefficient (Wildman–Crippen LogP) is 3.08. The SMILES string of the molecule is C[C@@H](c1ccc(Br)cc1)[C@H](N)C(=O)N1CC[C@H](F)C1.O=C(O)C(F)(F)F. The number of hydrogen-bond donors (Lipinski definition) is 2. The molecule has 0 aromatic heterocycles. The van der Waals surface area contributed by atoms with Crippen LogP contribution in [0.25, 0.3) is 0 Å². The van der Waals surface area contributed by atoms with Crippen LogP contribution in [0.3, 0.4) is 0 Å². The molecule has 1 heterocycles. The van der Waals surface area contributed by atoms with Crippen molar-refractivity contribution in [2.45, 2.75) is 37.7 Å². The first-order valence-electron chi connectivity index (χ1n) is 7.67. The molecule has 1 saturated heterocycles. The third kappa shape index (κ3) is 6.56. The van der Waals surface area contributed by atoms with Gasteiger partial charge in [-0.05, 0) is 24.1 Å². The third-order valence-corrected chi connectivity index (χ3v) is 4.43. The van der Waals surface area contributed by atoms with E-state index in [0.29, 0.717) is 13.0 Å². The summed E-state index contributed by atoms with van der Waals surface area (Å²) in [6, 6.07) is 7.13. The minimum atomic E-state index is -5.08. The zero-order valence-corrected chi connectivity index (χ0v) is 15.4. The van der Waals surface area contributed by atoms with Crippen LogP contribution >= 0.6 is 15.9 Å². The van der Waals surface area contributed by atoms with Gasteiger partial charge in [-0.2, -0.15) is 13.2 Å². The van der Waals surface area contributed by atoms with Crippen LogP contribution in [0, 0.1) is 0 Å². The molecule has 2 rings (SSSR count). The van der Waals surface area contributed by atoms with Crippen molar-refractivity contribution in [1.82, 2.24) is 4.90 Å². The normalized spacial score (nSPS) is 19.3. The maximum Gasteiger partial charge on any atom is 0.490 e. The fraction of sp³-hybridized carbons (Fsp3) is 0.500. The fourth-order valence-electron chi connectivity index (χ4n) is 2.32. The van der Waals surface area contributed by atoms with Crippen molar-refractivity contribution in [3.63, 3.8) is 0 Å². The average Bonchev–Trinajstić information content (AvgIpc) is 2.99. The number of nitrogens with two attached hydrogens (primary N) is 1. The summed E-state index contributed by atoms with van der Waals surface area (Å²) in [7, 11) is 0. The first-order chi connectivity index (χ1) is 11.9. The molecule has 3 atom stereocenters. The first kappa shape index (κ1) is 22.4. The summed E-state index contributed by atoms with van der Waals surface area (Å²) < 4.78 is 45.9. The highest BCUT2D eigenvalue weighted by Gasteiger charge is 2.38. The Kier molecular flexibility index (Phi) is 8.01. The van der Waals surface area contributed by atoms with Crippen molar-refractivity contribution >= 4 is 27.8 Å². The van der Waals surface area contributed by atoms with Gasteiger partial charge in [-0.25, -0.2) is 9.18 Å². The number of carbonyl (C=O) groups is 2. The van der Waals surface area contributed by atoms with Gasteiger partial charge in [-0.3, -0.25) is 4.79 Å². The molecule has 1 amide bonds. The number of alkyl halides is 4. The molecule has 1 aliphatic heterocycles. The van der Waals surface area contributed by atoms with Crippen molar-refractivity contribution in [1.29, 1.82) is 0 Å². The van der Waals surface area contributed by atoms with Crippen LogP contribution in [0.1, 0.15) is 24.8 Å². The van der Waals surface area contributed by atoms with Crippen LogP contribution in [0.5, 0.6) is 0 Å². The number of amides is 1. The lowest BCUT2D eigenvalue weighted by molar-refractivity contribution is -0.192. The minimum absolute atomic E-state index is 0.0840. The van der Waals surface area contributed by atoms with Gasteiger partial charge in [-0.1, -0.05) is 35.0 Å². The van der Waals surface area contributed by atoms with E-state index in [1.165, 1.54) is 4.90 Å². The molecule has 1 aromatic rings. The van der Waals surface area contributed by atoms with E-state index in [-0.39, 0.29) is 18.4 Å². The van der Waals surface area contributed by atoms with E-state index >= 15 is 0 Å². The largest absolute Gasteiger partial charge is 0.490 e. The maximum atomic E-state index is 13.1. The molecule has 3 N–H and O–H groups in total. The molecule has 26 heavy (non-hydrogen) atoms. The average molecular weight is 443 g/mol. The Morgan fingerprint density at radius 2 is 1.81 bits per heavy atom. The molecule has 0 aliphatic carbocycles. The quantitative estimate of drug-likeness (QED) is 0.704. The topological polar surface area (TPSA) is 83.6 Å². The highest BCUT2D eigenvalue weighted by molar-refractivity contribution is 9.10. The number of benzene rings is 1. The third-order valence-electron chi connectivity index (χ3n) is 3.90. The predicted molar refractivity (Wildman–Crippen MR) is 90.3 cm³/mol. The van der Waals surface area contributed by atoms with Crippen LogP contribution in [0.4, 0.5) is 17.6 Å². The second kappa shape index (κ2) is 9.31. The molecule has 0 unspecified atom stereocenters. The van der Waals surface area contributed by atoms with E-state index in [2.05, 4.69) is 15.9 Å². The molecule has 5 nitrogen and oxygen atoms in total. The van der Waals surface area contributed by atoms with Crippen LogP contribution in [-0.2, 0) is 9.59 Å². The Balaban J connectivity index is 0.000000412. The van der Waals surface area contributed by atoms with Gasteiger partial charge < -0.3 is 15.7 Å². The zero-order valence-electron chi connectivity index (χ0n) is 13.8. The number of carbonyl (C=O) groups excluding carboxylic acids is 1. The number of carboxylic acids is 1. The van der Waals surface area contributed by atoms with Gasteiger partial charge in [0.25, 0.3) is 0 Å². The van der Waals surface area contributed by atoms with E-state index in [1.54, 1.807) is 0 Å². The van der Waals surface area contributed by atoms with Gasteiger partial charge in [0.2, 0.25) is 5.91 Å². The molecule has 0 bridgehead atoms. The molecule has 0 spiro atoms. The van der Waals surface area contributed by atoms with Gasteiger partial charge in [0, 0.05) is 16.9 Å². The second-order valence-corrected chi connectivity index (χ2v) is 6.75. The number of nitrogens with zero attached hydrogens (tertiary/aromatic N) is 1. The van der Waals surface area contributed by atoms with Crippen LogP contribution in [-0.4, -0.2) is 53.4 Å². The lowest BCUT2D eigenvalue weighted by atomic mass is 9.93. The van der Waals surface area contributed by atoms with Crippen molar-refractivity contribution < 1.29 is 32.3 Å². The molecule has 1 aliphatic rings. The van der Waals surface area contributed by atoms with E-state index in [1.807, 2.05) is 31.2 Å². The number of hydrogen-bond acceptors (Lipinski definition) is 3. The Labute approximate surface area is 156 Å². The van der Waals surface area contributed by atoms with Crippen LogP contribution in [0.15, 0.2) is 28.7 Å². The maximum absolute atomic E-state index is 13.1. The van der Waals surface area contributed by atoms with Gasteiger partial charge in [0.05, 0.1) is 12.6 Å². The van der Waals surface area contributed by atoms with E-state index in [4.69, 9.17) is 15.6 Å². The summed E-state index contributed by atoms with van der Waals surface area (Å²) in [5.41, 5.74) is 7.04. The standard InChI is InChI=1S/C14H18BrFN2O.C2HF3O2/c1-9(10-2-4-11(15)5-3-10)13(17)14(19)18-7-6-12(16)8-18;3-2(4,5)1(6)7/h2-5,9,12-13H,6-8,17H2,1H3;(H,6,7)/t9-,12-,13-;/m0./s1. The van der Waals surface area contributed by atoms with Gasteiger partial charge in [0.15, 0.2) is 0 Å². The molecule has 1 fully saturated rings. The number of halogens is 5. The minimum Gasteiger partial charge on any atom is -0.475 e. The summed E-state index contributed by atoms with van der Waals surface area (Å²) in [5, 5.41) is 7.12. The van der Waals surface area contributed by atoms with E-state index in [0.717, 1.165) is 10.0 Å². The number of aliphatic carboxylic acids is 1. The van der Waals surface area contributed by atoms with Crippen molar-refractivity contribution in [3.05, 3.63) is 34.3 Å². The lowest BCUT2D eigenvalue weighted by Gasteiger charge is -2.25. The number of carboxylic acid groups (broad SMARTS) is 1. The van der Waals surface area contributed by atoms with E-state index in [9.17, 15) is 22.4 Å². The lowest BCUT2D eigenvalue weighted by Crippen LogP contribution is -2.45. The molecular weight excluding hydrogens is 424 g/mol.